The van der Waals surface area contributed by atoms with Crippen molar-refractivity contribution in [3.05, 3.63) is 0 Å². The minimum Gasteiger partial charge on any atom is -0.481 e. The summed E-state index contributed by atoms with van der Waals surface area (Å²) in [5, 5.41) is 8.97. The minimum atomic E-state index is -4.45. The van der Waals surface area contributed by atoms with Crippen LogP contribution in [0, 0.1) is 5.41 Å². The van der Waals surface area contributed by atoms with Crippen LogP contribution in [0.25, 0.3) is 0 Å². The van der Waals surface area contributed by atoms with Crippen LogP contribution in [-0.4, -0.2) is 29.5 Å². The SMILES string of the molecule is O=C(O)C1(CC(F)(F)F)CC2CCC1O2. The Bertz CT molecular complexity index is 289. The Morgan fingerprint density at radius 1 is 1.47 bits per heavy atom. The predicted molar refractivity (Wildman–Crippen MR) is 43.3 cm³/mol. The van der Waals surface area contributed by atoms with Gasteiger partial charge in [0.2, 0.25) is 0 Å². The monoisotopic (exact) mass is 224 g/mol. The first-order valence-electron chi connectivity index (χ1n) is 4.79. The maximum atomic E-state index is 12.3. The summed E-state index contributed by atoms with van der Waals surface area (Å²) in [7, 11) is 0. The lowest BCUT2D eigenvalue weighted by molar-refractivity contribution is -0.185. The second-order valence-electron chi connectivity index (χ2n) is 4.28. The highest BCUT2D eigenvalue weighted by atomic mass is 19.4. The van der Waals surface area contributed by atoms with Crippen molar-refractivity contribution in [2.45, 2.75) is 44.1 Å². The van der Waals surface area contributed by atoms with Gasteiger partial charge in [0.15, 0.2) is 0 Å². The summed E-state index contributed by atoms with van der Waals surface area (Å²) < 4.78 is 42.2. The van der Waals surface area contributed by atoms with E-state index in [1.54, 1.807) is 0 Å². The van der Waals surface area contributed by atoms with E-state index in [1.807, 2.05) is 0 Å². The molecule has 2 bridgehead atoms. The molecule has 0 aromatic carbocycles. The van der Waals surface area contributed by atoms with Crippen LogP contribution in [0.3, 0.4) is 0 Å². The number of rotatable bonds is 2. The van der Waals surface area contributed by atoms with Crippen LogP contribution in [0.1, 0.15) is 25.7 Å². The van der Waals surface area contributed by atoms with Crippen molar-refractivity contribution >= 4 is 5.97 Å². The molecule has 6 heteroatoms. The van der Waals surface area contributed by atoms with Crippen LogP contribution < -0.4 is 0 Å². The third kappa shape index (κ3) is 1.71. The molecule has 1 N–H and O–H groups in total. The Labute approximate surface area is 84.2 Å². The molecule has 3 nitrogen and oxygen atoms in total. The second kappa shape index (κ2) is 3.10. The molecular formula is C9H11F3O3. The van der Waals surface area contributed by atoms with E-state index < -0.39 is 30.1 Å². The smallest absolute Gasteiger partial charge is 0.390 e. The van der Waals surface area contributed by atoms with Gasteiger partial charge in [0.05, 0.1) is 18.6 Å². The molecule has 15 heavy (non-hydrogen) atoms. The number of aliphatic carboxylic acids is 1. The lowest BCUT2D eigenvalue weighted by atomic mass is 9.71. The van der Waals surface area contributed by atoms with Crippen molar-refractivity contribution in [2.24, 2.45) is 5.41 Å². The van der Waals surface area contributed by atoms with Gasteiger partial charge in [0.1, 0.15) is 5.41 Å². The van der Waals surface area contributed by atoms with Crippen LogP contribution in [0.5, 0.6) is 0 Å². The summed E-state index contributed by atoms with van der Waals surface area (Å²) >= 11 is 0. The third-order valence-electron chi connectivity index (χ3n) is 3.26. The number of ether oxygens (including phenoxy) is 1. The number of carboxylic acid groups (broad SMARTS) is 1. The molecule has 0 aromatic heterocycles. The van der Waals surface area contributed by atoms with E-state index in [9.17, 15) is 18.0 Å². The molecule has 2 aliphatic rings. The van der Waals surface area contributed by atoms with Gasteiger partial charge in [-0.3, -0.25) is 4.79 Å². The molecule has 2 aliphatic heterocycles. The van der Waals surface area contributed by atoms with Gasteiger partial charge in [0.25, 0.3) is 0 Å². The molecule has 0 saturated carbocycles. The Kier molecular flexibility index (Phi) is 2.22. The molecular weight excluding hydrogens is 213 g/mol. The zero-order valence-electron chi connectivity index (χ0n) is 7.88. The maximum Gasteiger partial charge on any atom is 0.390 e. The molecule has 2 fully saturated rings. The van der Waals surface area contributed by atoms with Gasteiger partial charge < -0.3 is 9.84 Å². The Morgan fingerprint density at radius 2 is 2.13 bits per heavy atom. The fraction of sp³-hybridized carbons (Fsp3) is 0.889. The first-order valence-corrected chi connectivity index (χ1v) is 4.79. The Hall–Kier alpha value is -0.780. The van der Waals surface area contributed by atoms with Crippen molar-refractivity contribution < 1.29 is 27.8 Å². The average Bonchev–Trinajstić information content (AvgIpc) is 2.59. The van der Waals surface area contributed by atoms with Crippen molar-refractivity contribution in [1.29, 1.82) is 0 Å². The van der Waals surface area contributed by atoms with E-state index in [0.29, 0.717) is 12.8 Å². The Balaban J connectivity index is 2.23. The van der Waals surface area contributed by atoms with Crippen LogP contribution >= 0.6 is 0 Å². The van der Waals surface area contributed by atoms with Crippen LogP contribution in [-0.2, 0) is 9.53 Å². The molecule has 0 amide bonds. The minimum absolute atomic E-state index is 0.00743. The fourth-order valence-electron chi connectivity index (χ4n) is 2.64. The van der Waals surface area contributed by atoms with Crippen LogP contribution in [0.15, 0.2) is 0 Å². The highest BCUT2D eigenvalue weighted by molar-refractivity contribution is 5.76. The lowest BCUT2D eigenvalue weighted by Crippen LogP contribution is -2.43. The highest BCUT2D eigenvalue weighted by Gasteiger charge is 2.61. The summed E-state index contributed by atoms with van der Waals surface area (Å²) in [6.07, 6.45) is -5.70. The van der Waals surface area contributed by atoms with Gasteiger partial charge in [-0.2, -0.15) is 13.2 Å². The van der Waals surface area contributed by atoms with Crippen molar-refractivity contribution in [2.75, 3.05) is 0 Å². The third-order valence-corrected chi connectivity index (χ3v) is 3.26. The number of hydrogen-bond donors (Lipinski definition) is 1. The molecule has 86 valence electrons. The molecule has 3 unspecified atom stereocenters. The number of carboxylic acids is 1. The first kappa shape index (κ1) is 10.7. The molecule has 2 saturated heterocycles. The normalized spacial score (nSPS) is 39.7. The number of carbonyl (C=O) groups is 1. The van der Waals surface area contributed by atoms with E-state index in [0.717, 1.165) is 0 Å². The van der Waals surface area contributed by atoms with E-state index >= 15 is 0 Å². The average molecular weight is 224 g/mol. The zero-order valence-corrected chi connectivity index (χ0v) is 7.88. The summed E-state index contributed by atoms with van der Waals surface area (Å²) in [5.41, 5.74) is -1.73. The topological polar surface area (TPSA) is 46.5 Å². The van der Waals surface area contributed by atoms with E-state index in [2.05, 4.69) is 0 Å². The number of alkyl halides is 3. The summed E-state index contributed by atoms with van der Waals surface area (Å²) in [6.45, 7) is 0. The molecule has 0 aromatic rings. The van der Waals surface area contributed by atoms with Crippen molar-refractivity contribution in [1.82, 2.24) is 0 Å². The van der Waals surface area contributed by atoms with Gasteiger partial charge in [-0.1, -0.05) is 0 Å². The fourth-order valence-corrected chi connectivity index (χ4v) is 2.64. The molecule has 2 rings (SSSR count). The van der Waals surface area contributed by atoms with Crippen LogP contribution in [0.4, 0.5) is 13.2 Å². The van der Waals surface area contributed by atoms with Gasteiger partial charge >= 0.3 is 12.1 Å². The summed E-state index contributed by atoms with van der Waals surface area (Å²) in [4.78, 5) is 11.0. The van der Waals surface area contributed by atoms with E-state index in [4.69, 9.17) is 9.84 Å². The highest BCUT2D eigenvalue weighted by Crippen LogP contribution is 2.52. The molecule has 0 aliphatic carbocycles. The van der Waals surface area contributed by atoms with E-state index in [-0.39, 0.29) is 12.5 Å². The molecule has 3 atom stereocenters. The Morgan fingerprint density at radius 3 is 2.47 bits per heavy atom. The van der Waals surface area contributed by atoms with Crippen molar-refractivity contribution in [3.8, 4) is 0 Å². The van der Waals surface area contributed by atoms with Crippen LogP contribution in [0.2, 0.25) is 0 Å². The summed E-state index contributed by atoms with van der Waals surface area (Å²) in [6, 6.07) is 0. The maximum absolute atomic E-state index is 12.3. The molecule has 2 heterocycles. The summed E-state index contributed by atoms with van der Waals surface area (Å²) in [5.74, 6) is -1.38. The van der Waals surface area contributed by atoms with Gasteiger partial charge in [-0.15, -0.1) is 0 Å². The predicted octanol–water partition coefficient (Wildman–Crippen LogP) is 1.96. The van der Waals surface area contributed by atoms with Gasteiger partial charge in [-0.05, 0) is 19.3 Å². The van der Waals surface area contributed by atoms with E-state index in [1.165, 1.54) is 0 Å². The second-order valence-corrected chi connectivity index (χ2v) is 4.28. The molecule has 0 radical (unpaired) electrons. The van der Waals surface area contributed by atoms with Gasteiger partial charge in [-0.25, -0.2) is 0 Å². The standard InChI is InChI=1S/C9H11F3O3/c10-9(11,12)4-8(7(13)14)3-5-1-2-6(8)15-5/h5-6H,1-4H2,(H,13,14). The quantitative estimate of drug-likeness (QED) is 0.779. The largest absolute Gasteiger partial charge is 0.481 e. The lowest BCUT2D eigenvalue weighted by Gasteiger charge is -2.31. The van der Waals surface area contributed by atoms with Gasteiger partial charge in [0, 0.05) is 0 Å². The molecule has 0 spiro atoms. The van der Waals surface area contributed by atoms with Crippen molar-refractivity contribution in [3.63, 3.8) is 0 Å². The number of hydrogen-bond acceptors (Lipinski definition) is 2. The first-order chi connectivity index (χ1) is 6.83. The number of fused-ring (bicyclic) bond motifs is 2. The number of halogens is 3. The zero-order chi connectivity index (χ0) is 11.3.